The van der Waals surface area contributed by atoms with Gasteiger partial charge in [-0.15, -0.1) is 11.3 Å². The van der Waals surface area contributed by atoms with Crippen LogP contribution in [0.4, 0.5) is 5.13 Å². The maximum Gasteiger partial charge on any atom is 0.236 e. The fraction of sp³-hybridized carbons (Fsp3) is 0.727. The molecule has 0 radical (unpaired) electrons. The summed E-state index contributed by atoms with van der Waals surface area (Å²) in [5, 5.41) is 3.71. The Morgan fingerprint density at radius 3 is 2.78 bits per heavy atom. The number of sulfonamides is 1. The Bertz CT molecular complexity index is 485. The van der Waals surface area contributed by atoms with Crippen molar-refractivity contribution in [2.75, 3.05) is 17.0 Å². The van der Waals surface area contributed by atoms with Crippen molar-refractivity contribution in [2.24, 2.45) is 0 Å². The predicted molar refractivity (Wildman–Crippen MR) is 74.6 cm³/mol. The lowest BCUT2D eigenvalue weighted by atomic mass is 10.1. The summed E-state index contributed by atoms with van der Waals surface area (Å²) in [6.45, 7) is 4.73. The van der Waals surface area contributed by atoms with Gasteiger partial charge in [-0.2, -0.15) is 0 Å². The zero-order chi connectivity index (χ0) is 13.2. The van der Waals surface area contributed by atoms with E-state index in [4.69, 9.17) is 0 Å². The third kappa shape index (κ3) is 3.66. The summed E-state index contributed by atoms with van der Waals surface area (Å²) in [5.41, 5.74) is 0.883. The van der Waals surface area contributed by atoms with E-state index in [0.717, 1.165) is 36.4 Å². The molecule has 2 N–H and O–H groups in total. The molecule has 0 bridgehead atoms. The first-order chi connectivity index (χ1) is 8.46. The number of aromatic nitrogens is 1. The van der Waals surface area contributed by atoms with Crippen molar-refractivity contribution >= 4 is 26.5 Å². The van der Waals surface area contributed by atoms with E-state index >= 15 is 0 Å². The van der Waals surface area contributed by atoms with E-state index < -0.39 is 10.0 Å². The Morgan fingerprint density at radius 2 is 2.22 bits per heavy atom. The molecule has 1 fully saturated rings. The summed E-state index contributed by atoms with van der Waals surface area (Å²) in [7, 11) is -3.30. The number of nitrogens with zero attached hydrogens (tertiary/aromatic N) is 1. The van der Waals surface area contributed by atoms with Crippen LogP contribution in [0.25, 0.3) is 0 Å². The van der Waals surface area contributed by atoms with E-state index in [1.807, 2.05) is 13.8 Å². The van der Waals surface area contributed by atoms with Crippen molar-refractivity contribution < 1.29 is 8.42 Å². The smallest absolute Gasteiger partial charge is 0.236 e. The van der Waals surface area contributed by atoms with E-state index in [2.05, 4.69) is 15.0 Å². The molecule has 2 heterocycles. The van der Waals surface area contributed by atoms with Gasteiger partial charge in [-0.1, -0.05) is 6.42 Å². The second-order valence-electron chi connectivity index (χ2n) is 4.69. The van der Waals surface area contributed by atoms with E-state index in [1.54, 1.807) is 0 Å². The monoisotopic (exact) mass is 289 g/mol. The summed E-state index contributed by atoms with van der Waals surface area (Å²) >= 11 is 1.38. The number of hydrogen-bond donors (Lipinski definition) is 2. The number of rotatable bonds is 4. The molecule has 7 heteroatoms. The predicted octanol–water partition coefficient (Wildman–Crippen LogP) is 1.64. The molecule has 1 atom stereocenters. The lowest BCUT2D eigenvalue weighted by Crippen LogP contribution is -2.40. The van der Waals surface area contributed by atoms with Crippen LogP contribution in [0.5, 0.6) is 0 Å². The first-order valence-electron chi connectivity index (χ1n) is 6.14. The second kappa shape index (κ2) is 5.54. The molecule has 1 unspecified atom stereocenters. The van der Waals surface area contributed by atoms with Crippen molar-refractivity contribution in [3.63, 3.8) is 0 Å². The average molecular weight is 289 g/mol. The molecule has 0 aliphatic carbocycles. The molecule has 1 saturated heterocycles. The van der Waals surface area contributed by atoms with E-state index in [1.165, 1.54) is 11.3 Å². The highest BCUT2D eigenvalue weighted by atomic mass is 32.2. The molecule has 1 aromatic heterocycles. The number of anilines is 1. The van der Waals surface area contributed by atoms with Gasteiger partial charge < -0.3 is 5.32 Å². The number of nitrogens with one attached hydrogen (secondary N) is 2. The van der Waals surface area contributed by atoms with E-state index in [-0.39, 0.29) is 11.8 Å². The maximum atomic E-state index is 12.0. The zero-order valence-electron chi connectivity index (χ0n) is 10.7. The maximum absolute atomic E-state index is 12.0. The van der Waals surface area contributed by atoms with Crippen LogP contribution in [0, 0.1) is 13.8 Å². The van der Waals surface area contributed by atoms with Crippen LogP contribution >= 0.6 is 11.3 Å². The molecule has 1 aromatic rings. The first kappa shape index (κ1) is 13.8. The summed E-state index contributed by atoms with van der Waals surface area (Å²) in [6.07, 6.45) is 3.16. The van der Waals surface area contributed by atoms with Crippen LogP contribution in [-0.4, -0.2) is 31.7 Å². The lowest BCUT2D eigenvalue weighted by molar-refractivity contribution is 0.424. The molecule has 0 amide bonds. The quantitative estimate of drug-likeness (QED) is 0.884. The Balaban J connectivity index is 1.98. The molecule has 0 saturated carbocycles. The van der Waals surface area contributed by atoms with Crippen molar-refractivity contribution in [3.05, 3.63) is 10.6 Å². The van der Waals surface area contributed by atoms with E-state index in [0.29, 0.717) is 5.13 Å². The van der Waals surface area contributed by atoms with E-state index in [9.17, 15) is 8.42 Å². The molecule has 102 valence electrons. The summed E-state index contributed by atoms with van der Waals surface area (Å²) < 4.78 is 26.6. The largest absolute Gasteiger partial charge is 0.313 e. The molecular weight excluding hydrogens is 270 g/mol. The molecule has 18 heavy (non-hydrogen) atoms. The van der Waals surface area contributed by atoms with Crippen molar-refractivity contribution in [2.45, 2.75) is 39.2 Å². The van der Waals surface area contributed by atoms with Gasteiger partial charge in [0.05, 0.1) is 11.4 Å². The summed E-state index contributed by atoms with van der Waals surface area (Å²) in [6, 6.07) is 0.0680. The van der Waals surface area contributed by atoms with Gasteiger partial charge in [0.25, 0.3) is 0 Å². The Hall–Kier alpha value is -0.660. The second-order valence-corrected chi connectivity index (χ2v) is 7.66. The highest BCUT2D eigenvalue weighted by Gasteiger charge is 2.21. The van der Waals surface area contributed by atoms with Gasteiger partial charge in [0.2, 0.25) is 10.0 Å². The number of hydrogen-bond acceptors (Lipinski definition) is 5. The molecule has 5 nitrogen and oxygen atoms in total. The van der Waals surface area contributed by atoms with Gasteiger partial charge in [0.15, 0.2) is 5.13 Å². The van der Waals surface area contributed by atoms with Gasteiger partial charge >= 0.3 is 0 Å². The van der Waals surface area contributed by atoms with Gasteiger partial charge in [0.1, 0.15) is 0 Å². The highest BCUT2D eigenvalue weighted by Crippen LogP contribution is 2.22. The Morgan fingerprint density at radius 1 is 1.44 bits per heavy atom. The molecule has 2 rings (SSSR count). The molecule has 0 spiro atoms. The minimum absolute atomic E-state index is 0.0680. The summed E-state index contributed by atoms with van der Waals surface area (Å²) in [5.74, 6) is 0.130. The molecule has 1 aliphatic heterocycles. The zero-order valence-corrected chi connectivity index (χ0v) is 12.3. The highest BCUT2D eigenvalue weighted by molar-refractivity contribution is 7.92. The molecular formula is C11H19N3O2S2. The van der Waals surface area contributed by atoms with Crippen molar-refractivity contribution in [1.82, 2.24) is 10.3 Å². The van der Waals surface area contributed by atoms with Crippen molar-refractivity contribution in [3.8, 4) is 0 Å². The molecule has 0 aromatic carbocycles. The topological polar surface area (TPSA) is 71.1 Å². The van der Waals surface area contributed by atoms with Crippen LogP contribution in [-0.2, 0) is 10.0 Å². The minimum Gasteiger partial charge on any atom is -0.313 e. The SMILES string of the molecule is Cc1nc(NS(=O)(=O)CC2CCCCN2)sc1C. The van der Waals surface area contributed by atoms with Crippen molar-refractivity contribution in [1.29, 1.82) is 0 Å². The van der Waals surface area contributed by atoms with Gasteiger partial charge in [-0.05, 0) is 33.2 Å². The molecule has 1 aliphatic rings. The number of thiazole rings is 1. The normalized spacial score (nSPS) is 20.9. The average Bonchev–Trinajstić information content (AvgIpc) is 2.57. The first-order valence-corrected chi connectivity index (χ1v) is 8.61. The third-order valence-electron chi connectivity index (χ3n) is 3.10. The van der Waals surface area contributed by atoms with Crippen LogP contribution in [0.1, 0.15) is 29.8 Å². The number of piperidine rings is 1. The Labute approximate surface area is 112 Å². The standard InChI is InChI=1S/C11H19N3O2S2/c1-8-9(2)17-11(13-8)14-18(15,16)7-10-5-3-4-6-12-10/h10,12H,3-7H2,1-2H3,(H,13,14). The minimum atomic E-state index is -3.30. The van der Waals surface area contributed by atoms with Crippen LogP contribution < -0.4 is 10.0 Å². The Kier molecular flexibility index (Phi) is 4.24. The van der Waals surface area contributed by atoms with Crippen LogP contribution in [0.15, 0.2) is 0 Å². The van der Waals surface area contributed by atoms with Gasteiger partial charge in [-0.3, -0.25) is 4.72 Å². The van der Waals surface area contributed by atoms with Crippen LogP contribution in [0.3, 0.4) is 0 Å². The fourth-order valence-electron chi connectivity index (χ4n) is 2.02. The fourth-order valence-corrected chi connectivity index (χ4v) is 4.44. The summed E-state index contributed by atoms with van der Waals surface area (Å²) in [4.78, 5) is 5.24. The van der Waals surface area contributed by atoms with Gasteiger partial charge in [-0.25, -0.2) is 13.4 Å². The lowest BCUT2D eigenvalue weighted by Gasteiger charge is -2.23. The number of aryl methyl sites for hydroxylation is 2. The van der Waals surface area contributed by atoms with Gasteiger partial charge in [0, 0.05) is 10.9 Å². The third-order valence-corrected chi connectivity index (χ3v) is 5.57. The van der Waals surface area contributed by atoms with Crippen LogP contribution in [0.2, 0.25) is 0 Å².